The summed E-state index contributed by atoms with van der Waals surface area (Å²) in [4.78, 5) is 0. The molecule has 9 heteroatoms. The average molecular weight is 671 g/mol. The molecule has 0 amide bonds. The summed E-state index contributed by atoms with van der Waals surface area (Å²) >= 11 is 0. The number of aliphatic hydroxyl groups is 1. The molecule has 1 aliphatic heterocycles. The Bertz CT molecular complexity index is 1430. The van der Waals surface area contributed by atoms with E-state index in [1.807, 2.05) is 77.8 Å². The fraction of sp³-hybridized carbons (Fsp3) is 0.385. The molecule has 0 unspecified atom stereocenters. The second-order valence-corrected chi connectivity index (χ2v) is 17.5. The minimum Gasteiger partial charge on any atom is -0.406 e. The van der Waals surface area contributed by atoms with Gasteiger partial charge in [-0.05, 0) is 39.7 Å². The predicted octanol–water partition coefficient (Wildman–Crippen LogP) is 5.08. The van der Waals surface area contributed by atoms with E-state index < -0.39 is 44.9 Å². The Morgan fingerprint density at radius 2 is 1.21 bits per heavy atom. The van der Waals surface area contributed by atoms with Gasteiger partial charge >= 0.3 is 0 Å². The molecule has 256 valence electrons. The molecule has 0 saturated carbocycles. The van der Waals surface area contributed by atoms with Gasteiger partial charge in [-0.25, -0.2) is 5.43 Å². The summed E-state index contributed by atoms with van der Waals surface area (Å²) in [6.07, 6.45) is -3.36. The lowest BCUT2D eigenvalue weighted by Gasteiger charge is -2.44. The Morgan fingerprint density at radius 1 is 0.729 bits per heavy atom. The predicted molar refractivity (Wildman–Crippen MR) is 194 cm³/mol. The summed E-state index contributed by atoms with van der Waals surface area (Å²) < 4.78 is 31.3. The molecule has 1 aliphatic rings. The Labute approximate surface area is 286 Å². The van der Waals surface area contributed by atoms with E-state index in [0.29, 0.717) is 0 Å². The maximum Gasteiger partial charge on any atom is 0.261 e. The van der Waals surface area contributed by atoms with Gasteiger partial charge in [0.15, 0.2) is 0 Å². The molecular formula is C39H50N2O6Si. The third kappa shape index (κ3) is 7.59. The van der Waals surface area contributed by atoms with E-state index in [0.717, 1.165) is 11.4 Å². The Hall–Kier alpha value is -3.38. The summed E-state index contributed by atoms with van der Waals surface area (Å²) in [5.41, 5.74) is 5.62. The number of hydrazine groups is 1. The number of rotatable bonds is 15. The maximum absolute atomic E-state index is 11.9. The van der Waals surface area contributed by atoms with E-state index in [9.17, 15) is 5.11 Å². The first-order valence-electron chi connectivity index (χ1n) is 16.5. The third-order valence-electron chi connectivity index (χ3n) is 9.20. The highest BCUT2D eigenvalue weighted by Crippen LogP contribution is 2.38. The van der Waals surface area contributed by atoms with Crippen molar-refractivity contribution in [3.8, 4) is 0 Å². The number of hydrogen-bond donors (Lipinski definition) is 2. The highest BCUT2D eigenvalue weighted by Gasteiger charge is 2.54. The van der Waals surface area contributed by atoms with Gasteiger partial charge in [0.2, 0.25) is 0 Å². The van der Waals surface area contributed by atoms with Gasteiger partial charge in [0.25, 0.3) is 8.32 Å². The second kappa shape index (κ2) is 16.3. The molecule has 5 rings (SSSR count). The summed E-state index contributed by atoms with van der Waals surface area (Å²) in [6.45, 7) is 7.29. The largest absolute Gasteiger partial charge is 0.406 e. The number of benzene rings is 4. The smallest absolute Gasteiger partial charge is 0.261 e. The van der Waals surface area contributed by atoms with Crippen molar-refractivity contribution in [3.05, 3.63) is 121 Å². The lowest BCUT2D eigenvalue weighted by molar-refractivity contribution is -0.113. The van der Waals surface area contributed by atoms with Crippen LogP contribution in [0.1, 0.15) is 20.8 Å². The molecule has 4 aromatic rings. The minimum atomic E-state index is -2.95. The first-order valence-corrected chi connectivity index (χ1v) is 18.5. The average Bonchev–Trinajstić information content (AvgIpc) is 3.45. The van der Waals surface area contributed by atoms with Gasteiger partial charge in [0, 0.05) is 21.3 Å². The van der Waals surface area contributed by atoms with Crippen molar-refractivity contribution in [3.63, 3.8) is 0 Å². The van der Waals surface area contributed by atoms with Crippen LogP contribution in [0.3, 0.4) is 0 Å². The van der Waals surface area contributed by atoms with Crippen molar-refractivity contribution in [1.82, 2.24) is 5.43 Å². The Kier molecular flexibility index (Phi) is 12.2. The number of hydrogen-bond acceptors (Lipinski definition) is 8. The number of para-hydroxylation sites is 2. The Morgan fingerprint density at radius 3 is 1.62 bits per heavy atom. The molecule has 0 spiro atoms. The van der Waals surface area contributed by atoms with Crippen LogP contribution in [-0.2, 0) is 23.4 Å². The molecule has 1 heterocycles. The molecule has 48 heavy (non-hydrogen) atoms. The molecule has 0 bridgehead atoms. The fourth-order valence-electron chi connectivity index (χ4n) is 6.89. The zero-order chi connectivity index (χ0) is 34.1. The van der Waals surface area contributed by atoms with Gasteiger partial charge in [0.05, 0.1) is 30.6 Å². The molecule has 1 fully saturated rings. The quantitative estimate of drug-likeness (QED) is 0.134. The number of nitrogens with zero attached hydrogens (tertiary/aromatic N) is 1. The van der Waals surface area contributed by atoms with E-state index in [-0.39, 0.29) is 18.3 Å². The molecular weight excluding hydrogens is 621 g/mol. The zero-order valence-electron chi connectivity index (χ0n) is 28.9. The molecule has 1 saturated heterocycles. The van der Waals surface area contributed by atoms with Crippen LogP contribution in [0, 0.1) is 0 Å². The van der Waals surface area contributed by atoms with Gasteiger partial charge in [-0.15, -0.1) is 0 Å². The SMILES string of the molecule is COC[C@H](OC)[C@H]1O[C@H]([C@H](CO[Si](c2ccccc2)(c2ccccc2)C(C)(C)C)NN(c2ccccc2)c2ccccc2)[C@H](O)[C@H]1OC. The van der Waals surface area contributed by atoms with E-state index in [2.05, 4.69) is 74.7 Å². The van der Waals surface area contributed by atoms with E-state index in [4.69, 9.17) is 23.4 Å². The lowest BCUT2D eigenvalue weighted by Crippen LogP contribution is -2.68. The summed E-state index contributed by atoms with van der Waals surface area (Å²) in [5, 5.41) is 16.1. The first-order chi connectivity index (χ1) is 23.2. The number of aliphatic hydroxyl groups excluding tert-OH is 1. The van der Waals surface area contributed by atoms with Gasteiger partial charge in [-0.2, -0.15) is 0 Å². The van der Waals surface area contributed by atoms with E-state index >= 15 is 0 Å². The monoisotopic (exact) mass is 670 g/mol. The highest BCUT2D eigenvalue weighted by molar-refractivity contribution is 6.99. The van der Waals surface area contributed by atoms with E-state index in [1.165, 1.54) is 10.4 Å². The minimum absolute atomic E-state index is 0.232. The van der Waals surface area contributed by atoms with Crippen molar-refractivity contribution in [1.29, 1.82) is 0 Å². The van der Waals surface area contributed by atoms with Crippen LogP contribution in [0.2, 0.25) is 5.04 Å². The van der Waals surface area contributed by atoms with Crippen LogP contribution in [0.25, 0.3) is 0 Å². The standard InChI is InChI=1S/C39H50N2O6Si/c1-39(2,3)48(31-23-15-9-16-24-31,32-25-17-10-18-26-32)46-27-33(36-35(42)38(45-6)37(47-36)34(44-5)28-43-4)40-41(29-19-11-7-12-20-29)30-21-13-8-14-22-30/h7-26,33-38,40,42H,27-28H2,1-6H3/t33-,34-,35-,36+,37+,38+/m0/s1. The van der Waals surface area contributed by atoms with Gasteiger partial charge in [-0.3, -0.25) is 5.01 Å². The molecule has 2 N–H and O–H groups in total. The highest BCUT2D eigenvalue weighted by atomic mass is 28.4. The van der Waals surface area contributed by atoms with Crippen molar-refractivity contribution < 1.29 is 28.5 Å². The third-order valence-corrected chi connectivity index (χ3v) is 14.2. The first kappa shape index (κ1) is 35.9. The Balaban J connectivity index is 1.61. The summed E-state index contributed by atoms with van der Waals surface area (Å²) in [5.74, 6) is 0. The number of nitrogens with one attached hydrogen (secondary N) is 1. The summed E-state index contributed by atoms with van der Waals surface area (Å²) in [7, 11) is 1.88. The van der Waals surface area contributed by atoms with Crippen LogP contribution in [-0.4, -0.2) is 84.5 Å². The molecule has 0 aromatic heterocycles. The lowest BCUT2D eigenvalue weighted by atomic mass is 10.0. The summed E-state index contributed by atoms with van der Waals surface area (Å²) in [6, 6.07) is 40.8. The van der Waals surface area contributed by atoms with Crippen LogP contribution in [0.4, 0.5) is 11.4 Å². The second-order valence-electron chi connectivity index (χ2n) is 13.2. The van der Waals surface area contributed by atoms with Gasteiger partial charge in [-0.1, -0.05) is 118 Å². The molecule has 4 aromatic carbocycles. The van der Waals surface area contributed by atoms with Gasteiger partial charge < -0.3 is 28.5 Å². The molecule has 0 aliphatic carbocycles. The molecule has 8 nitrogen and oxygen atoms in total. The number of anilines is 2. The number of ether oxygens (including phenoxy) is 4. The number of methoxy groups -OCH3 is 3. The van der Waals surface area contributed by atoms with Gasteiger partial charge in [0.1, 0.15) is 30.5 Å². The fourth-order valence-corrected chi connectivity index (χ4v) is 11.5. The topological polar surface area (TPSA) is 81.7 Å². The van der Waals surface area contributed by atoms with Crippen LogP contribution < -0.4 is 20.8 Å². The van der Waals surface area contributed by atoms with E-state index in [1.54, 1.807) is 21.3 Å². The van der Waals surface area contributed by atoms with Crippen molar-refractivity contribution >= 4 is 30.1 Å². The normalized spacial score (nSPS) is 21.1. The van der Waals surface area contributed by atoms with Crippen LogP contribution >= 0.6 is 0 Å². The zero-order valence-corrected chi connectivity index (χ0v) is 29.9. The van der Waals surface area contributed by atoms with Crippen molar-refractivity contribution in [2.75, 3.05) is 39.6 Å². The van der Waals surface area contributed by atoms with Crippen LogP contribution in [0.15, 0.2) is 121 Å². The van der Waals surface area contributed by atoms with Crippen LogP contribution in [0.5, 0.6) is 0 Å². The molecule has 0 radical (unpaired) electrons. The maximum atomic E-state index is 11.9. The van der Waals surface area contributed by atoms with Crippen molar-refractivity contribution in [2.24, 2.45) is 0 Å². The molecule has 6 atom stereocenters. The van der Waals surface area contributed by atoms with Crippen molar-refractivity contribution in [2.45, 2.75) is 62.4 Å².